The van der Waals surface area contributed by atoms with Crippen LogP contribution in [0.3, 0.4) is 0 Å². The number of amides is 1. The van der Waals surface area contributed by atoms with Crippen molar-refractivity contribution in [3.05, 3.63) is 59.1 Å². The van der Waals surface area contributed by atoms with Crippen molar-refractivity contribution in [1.29, 1.82) is 0 Å². The number of methoxy groups -OCH3 is 5. The molecular weight excluding hydrogens is 482 g/mol. The highest BCUT2D eigenvalue weighted by Crippen LogP contribution is 2.46. The van der Waals surface area contributed by atoms with Gasteiger partial charge in [-0.3, -0.25) is 9.59 Å². The van der Waals surface area contributed by atoms with E-state index in [0.29, 0.717) is 52.6 Å². The number of ketones is 1. The average Bonchev–Trinajstić information content (AvgIpc) is 3.47. The van der Waals surface area contributed by atoms with Gasteiger partial charge in [-0.15, -0.1) is 0 Å². The van der Waals surface area contributed by atoms with E-state index in [-0.39, 0.29) is 17.9 Å². The Kier molecular flexibility index (Phi) is 7.58. The van der Waals surface area contributed by atoms with Crippen LogP contribution in [0, 0.1) is 0 Å². The van der Waals surface area contributed by atoms with Crippen LogP contribution in [-0.4, -0.2) is 70.4 Å². The van der Waals surface area contributed by atoms with Crippen molar-refractivity contribution >= 4 is 22.7 Å². The van der Waals surface area contributed by atoms with Crippen LogP contribution >= 0.6 is 0 Å². The molecule has 0 saturated carbocycles. The first-order valence-electron chi connectivity index (χ1n) is 11.5. The third-order valence-electron chi connectivity index (χ3n) is 6.25. The van der Waals surface area contributed by atoms with Crippen LogP contribution in [0.5, 0.6) is 23.0 Å². The first kappa shape index (κ1) is 25.9. The maximum atomic E-state index is 13.8. The number of rotatable bonds is 11. The molecule has 37 heavy (non-hydrogen) atoms. The third kappa shape index (κ3) is 4.55. The van der Waals surface area contributed by atoms with Crippen LogP contribution in [0.25, 0.3) is 11.0 Å². The molecule has 2 aromatic carbocycles. The van der Waals surface area contributed by atoms with Crippen molar-refractivity contribution in [3.8, 4) is 23.0 Å². The Morgan fingerprint density at radius 2 is 1.65 bits per heavy atom. The lowest BCUT2D eigenvalue weighted by Crippen LogP contribution is -2.32. The van der Waals surface area contributed by atoms with E-state index in [1.165, 1.54) is 33.3 Å². The fourth-order valence-electron chi connectivity index (χ4n) is 4.54. The van der Waals surface area contributed by atoms with Crippen molar-refractivity contribution in [1.82, 2.24) is 4.90 Å². The number of Topliss-reactive ketones (excluding diaryl/α,β-unsaturated/α-hetero) is 1. The van der Waals surface area contributed by atoms with Gasteiger partial charge in [-0.1, -0.05) is 12.1 Å². The smallest absolute Gasteiger partial charge is 0.290 e. The minimum absolute atomic E-state index is 0.0370. The van der Waals surface area contributed by atoms with Gasteiger partial charge in [0.05, 0.1) is 40.1 Å². The predicted molar refractivity (Wildman–Crippen MR) is 134 cm³/mol. The summed E-state index contributed by atoms with van der Waals surface area (Å²) in [6.45, 7) is 0.613. The maximum Gasteiger partial charge on any atom is 0.290 e. The number of hydrogen-bond acceptors (Lipinski definition) is 9. The van der Waals surface area contributed by atoms with Gasteiger partial charge >= 0.3 is 0 Å². The summed E-state index contributed by atoms with van der Waals surface area (Å²) in [5.41, 5.74) is 0.759. The predicted octanol–water partition coefficient (Wildman–Crippen LogP) is 4.08. The molecule has 10 heteroatoms. The molecule has 2 heterocycles. The summed E-state index contributed by atoms with van der Waals surface area (Å²) >= 11 is 0. The Morgan fingerprint density at radius 1 is 0.973 bits per heavy atom. The number of aliphatic hydroxyl groups excluding tert-OH is 1. The number of hydrogen-bond donors (Lipinski definition) is 1. The van der Waals surface area contributed by atoms with Gasteiger partial charge in [0.25, 0.3) is 5.91 Å². The Balaban J connectivity index is 1.86. The zero-order chi connectivity index (χ0) is 26.7. The standard InChI is InChI=1S/C27H29NO9/c1-32-11-7-10-28-22(16-13-19(34-3)26(36-5)20(14-16)35-4)21(24(30)27(28)31)23(29)18-12-15-8-6-9-17(33-2)25(15)37-18/h6,8-9,12-14,22,30H,7,10-11H2,1-5H3. The maximum absolute atomic E-state index is 13.8. The molecular formula is C27H29NO9. The summed E-state index contributed by atoms with van der Waals surface area (Å²) < 4.78 is 32.7. The second-order valence-electron chi connectivity index (χ2n) is 8.29. The summed E-state index contributed by atoms with van der Waals surface area (Å²) in [5.74, 6) is -0.489. The average molecular weight is 512 g/mol. The summed E-state index contributed by atoms with van der Waals surface area (Å²) in [6, 6.07) is 9.18. The molecule has 1 unspecified atom stereocenters. The van der Waals surface area contributed by atoms with Crippen molar-refractivity contribution in [3.63, 3.8) is 0 Å². The zero-order valence-corrected chi connectivity index (χ0v) is 21.3. The van der Waals surface area contributed by atoms with E-state index < -0.39 is 23.5 Å². The highest BCUT2D eigenvalue weighted by molar-refractivity contribution is 6.16. The van der Waals surface area contributed by atoms with Crippen molar-refractivity contribution in [2.24, 2.45) is 0 Å². The summed E-state index contributed by atoms with van der Waals surface area (Å²) in [7, 11) is 7.48. The second kappa shape index (κ2) is 10.8. The van der Waals surface area contributed by atoms with Gasteiger partial charge in [-0.25, -0.2) is 0 Å². The van der Waals surface area contributed by atoms with Gasteiger partial charge in [-0.05, 0) is 36.2 Å². The van der Waals surface area contributed by atoms with Crippen LogP contribution in [-0.2, 0) is 9.53 Å². The molecule has 10 nitrogen and oxygen atoms in total. The van der Waals surface area contributed by atoms with Crippen molar-refractivity contribution in [2.75, 3.05) is 48.7 Å². The number of carbonyl (C=O) groups excluding carboxylic acids is 2. The van der Waals surface area contributed by atoms with Crippen LogP contribution < -0.4 is 18.9 Å². The highest BCUT2D eigenvalue weighted by atomic mass is 16.5. The van der Waals surface area contributed by atoms with Crippen molar-refractivity contribution < 1.29 is 42.8 Å². The molecule has 0 fully saturated rings. The normalized spacial score (nSPS) is 15.4. The number of para-hydroxylation sites is 1. The molecule has 1 aliphatic heterocycles. The number of nitrogens with zero attached hydrogens (tertiary/aromatic N) is 1. The topological polar surface area (TPSA) is 117 Å². The van der Waals surface area contributed by atoms with Gasteiger partial charge in [0.15, 0.2) is 34.4 Å². The van der Waals surface area contributed by atoms with Gasteiger partial charge in [0.2, 0.25) is 11.5 Å². The second-order valence-corrected chi connectivity index (χ2v) is 8.29. The fourth-order valence-corrected chi connectivity index (χ4v) is 4.54. The Labute approximate surface area is 213 Å². The molecule has 3 aromatic rings. The van der Waals surface area contributed by atoms with Crippen LogP contribution in [0.2, 0.25) is 0 Å². The molecule has 0 bridgehead atoms. The first-order chi connectivity index (χ1) is 17.9. The van der Waals surface area contributed by atoms with E-state index in [1.807, 2.05) is 0 Å². The minimum Gasteiger partial charge on any atom is -0.503 e. The number of fused-ring (bicyclic) bond motifs is 1. The molecule has 1 aromatic heterocycles. The Hall–Kier alpha value is -4.18. The lowest BCUT2D eigenvalue weighted by molar-refractivity contribution is -0.129. The summed E-state index contributed by atoms with van der Waals surface area (Å²) in [5, 5.41) is 11.6. The third-order valence-corrected chi connectivity index (χ3v) is 6.25. The van der Waals surface area contributed by atoms with Gasteiger partial charge in [0, 0.05) is 25.6 Å². The van der Waals surface area contributed by atoms with Gasteiger partial charge < -0.3 is 38.1 Å². The van der Waals surface area contributed by atoms with E-state index >= 15 is 0 Å². The number of carbonyl (C=O) groups is 2. The quantitative estimate of drug-likeness (QED) is 0.300. The largest absolute Gasteiger partial charge is 0.503 e. The molecule has 1 aliphatic rings. The molecule has 1 N–H and O–H groups in total. The number of benzene rings is 2. The molecule has 1 amide bonds. The summed E-state index contributed by atoms with van der Waals surface area (Å²) in [6.07, 6.45) is 0.486. The molecule has 4 rings (SSSR count). The van der Waals surface area contributed by atoms with Crippen LogP contribution in [0.4, 0.5) is 0 Å². The van der Waals surface area contributed by atoms with Crippen LogP contribution in [0.15, 0.2) is 52.1 Å². The Bertz CT molecular complexity index is 1330. The lowest BCUT2D eigenvalue weighted by atomic mass is 9.94. The molecule has 196 valence electrons. The lowest BCUT2D eigenvalue weighted by Gasteiger charge is -2.27. The number of aliphatic hydroxyl groups is 1. The van der Waals surface area contributed by atoms with E-state index in [9.17, 15) is 14.7 Å². The van der Waals surface area contributed by atoms with Gasteiger partial charge in [0.1, 0.15) is 0 Å². The number of ether oxygens (including phenoxy) is 5. The van der Waals surface area contributed by atoms with E-state index in [0.717, 1.165) is 0 Å². The molecule has 0 radical (unpaired) electrons. The van der Waals surface area contributed by atoms with Crippen LogP contribution in [0.1, 0.15) is 28.6 Å². The highest BCUT2D eigenvalue weighted by Gasteiger charge is 2.45. The van der Waals surface area contributed by atoms with Gasteiger partial charge in [-0.2, -0.15) is 0 Å². The monoisotopic (exact) mass is 511 g/mol. The number of furan rings is 1. The SMILES string of the molecule is COCCCN1C(=O)C(O)=C(C(=O)c2cc3cccc(OC)c3o2)C1c1cc(OC)c(OC)c(OC)c1. The zero-order valence-electron chi connectivity index (χ0n) is 21.3. The fraction of sp³-hybridized carbons (Fsp3) is 0.333. The molecule has 1 atom stereocenters. The minimum atomic E-state index is -0.944. The van der Waals surface area contributed by atoms with E-state index in [2.05, 4.69) is 0 Å². The van der Waals surface area contributed by atoms with Crippen molar-refractivity contribution in [2.45, 2.75) is 12.5 Å². The molecule has 0 saturated heterocycles. The Morgan fingerprint density at radius 3 is 2.24 bits per heavy atom. The van der Waals surface area contributed by atoms with E-state index in [1.54, 1.807) is 43.5 Å². The molecule has 0 spiro atoms. The molecule has 0 aliphatic carbocycles. The summed E-state index contributed by atoms with van der Waals surface area (Å²) in [4.78, 5) is 28.5. The first-order valence-corrected chi connectivity index (χ1v) is 11.5. The van der Waals surface area contributed by atoms with E-state index in [4.69, 9.17) is 28.1 Å².